The molecule has 0 saturated carbocycles. The molecule has 2 aromatic rings. The van der Waals surface area contributed by atoms with Crippen LogP contribution in [0.1, 0.15) is 25.1 Å². The summed E-state index contributed by atoms with van der Waals surface area (Å²) in [6, 6.07) is 3.91. The van der Waals surface area contributed by atoms with Gasteiger partial charge in [0.1, 0.15) is 5.82 Å². The molecule has 0 bridgehead atoms. The van der Waals surface area contributed by atoms with Crippen molar-refractivity contribution in [3.8, 4) is 11.6 Å². The molecule has 25 heavy (non-hydrogen) atoms. The van der Waals surface area contributed by atoms with E-state index >= 15 is 0 Å². The molecule has 0 amide bonds. The fourth-order valence-electron chi connectivity index (χ4n) is 4.36. The number of hydrogen-bond acceptors (Lipinski definition) is 6. The topological polar surface area (TPSA) is 50.3 Å². The Morgan fingerprint density at radius 1 is 1.28 bits per heavy atom. The SMILES string of the molecule is CSCCCN1CCC2(CC1)CN(C)Cc1nnc(-c3ccco3)n12. The number of aromatic nitrogens is 3. The highest BCUT2D eigenvalue weighted by molar-refractivity contribution is 7.98. The lowest BCUT2D eigenvalue weighted by Crippen LogP contribution is -2.55. The van der Waals surface area contributed by atoms with Gasteiger partial charge in [-0.1, -0.05) is 0 Å². The summed E-state index contributed by atoms with van der Waals surface area (Å²) in [5.74, 6) is 4.03. The van der Waals surface area contributed by atoms with E-state index in [0.29, 0.717) is 0 Å². The minimum Gasteiger partial charge on any atom is -0.461 e. The predicted octanol–water partition coefficient (Wildman–Crippen LogP) is 2.53. The maximum absolute atomic E-state index is 5.64. The van der Waals surface area contributed by atoms with Crippen LogP contribution < -0.4 is 0 Å². The molecule has 1 saturated heterocycles. The van der Waals surface area contributed by atoms with Crippen LogP contribution in [0.3, 0.4) is 0 Å². The zero-order valence-corrected chi connectivity index (χ0v) is 16.0. The van der Waals surface area contributed by atoms with Gasteiger partial charge in [-0.05, 0) is 57.0 Å². The quantitative estimate of drug-likeness (QED) is 0.763. The molecule has 0 unspecified atom stereocenters. The number of thioether (sulfide) groups is 1. The molecule has 0 aromatic carbocycles. The van der Waals surface area contributed by atoms with E-state index in [2.05, 4.69) is 37.9 Å². The summed E-state index contributed by atoms with van der Waals surface area (Å²) in [4.78, 5) is 5.01. The predicted molar refractivity (Wildman–Crippen MR) is 101 cm³/mol. The number of fused-ring (bicyclic) bond motifs is 2. The van der Waals surface area contributed by atoms with Gasteiger partial charge in [0.15, 0.2) is 11.6 Å². The van der Waals surface area contributed by atoms with Crippen LogP contribution in [0.2, 0.25) is 0 Å². The standard InChI is InChI=1S/C18H27N5OS/c1-21-13-16-19-20-17(15-5-3-11-24-15)23(16)18(14-21)6-9-22(10-7-18)8-4-12-25-2/h3,5,11H,4,6-10,12-14H2,1-2H3. The van der Waals surface area contributed by atoms with Crippen molar-refractivity contribution in [2.45, 2.75) is 31.3 Å². The van der Waals surface area contributed by atoms with E-state index in [1.54, 1.807) is 6.26 Å². The van der Waals surface area contributed by atoms with Crippen LogP contribution >= 0.6 is 11.8 Å². The summed E-state index contributed by atoms with van der Waals surface area (Å²) >= 11 is 1.94. The molecule has 0 N–H and O–H groups in total. The normalized spacial score (nSPS) is 20.9. The molecule has 1 fully saturated rings. The molecule has 2 aromatic heterocycles. The number of rotatable bonds is 5. The van der Waals surface area contributed by atoms with Crippen LogP contribution in [0.5, 0.6) is 0 Å². The first-order valence-electron chi connectivity index (χ1n) is 9.10. The van der Waals surface area contributed by atoms with Gasteiger partial charge in [0.05, 0.1) is 18.3 Å². The Hall–Kier alpha value is -1.31. The van der Waals surface area contributed by atoms with Gasteiger partial charge in [0, 0.05) is 19.6 Å². The van der Waals surface area contributed by atoms with Crippen molar-refractivity contribution in [1.82, 2.24) is 24.6 Å². The molecule has 6 nitrogen and oxygen atoms in total. The lowest BCUT2D eigenvalue weighted by molar-refractivity contribution is 0.0517. The Morgan fingerprint density at radius 3 is 2.84 bits per heavy atom. The third-order valence-corrected chi connectivity index (χ3v) is 6.23. The van der Waals surface area contributed by atoms with Gasteiger partial charge in [-0.3, -0.25) is 9.47 Å². The van der Waals surface area contributed by atoms with Gasteiger partial charge in [-0.2, -0.15) is 11.8 Å². The minimum atomic E-state index is 0.0873. The van der Waals surface area contributed by atoms with E-state index < -0.39 is 0 Å². The van der Waals surface area contributed by atoms with Gasteiger partial charge in [0.2, 0.25) is 0 Å². The second kappa shape index (κ2) is 7.13. The smallest absolute Gasteiger partial charge is 0.200 e. The van der Waals surface area contributed by atoms with Crippen LogP contribution in [0.15, 0.2) is 22.8 Å². The summed E-state index contributed by atoms with van der Waals surface area (Å²) in [6.07, 6.45) is 7.48. The molecule has 4 heterocycles. The van der Waals surface area contributed by atoms with Gasteiger partial charge in [-0.25, -0.2) is 0 Å². The Morgan fingerprint density at radius 2 is 2.12 bits per heavy atom. The average molecular weight is 362 g/mol. The summed E-state index contributed by atoms with van der Waals surface area (Å²) in [7, 11) is 2.19. The first-order chi connectivity index (χ1) is 12.2. The van der Waals surface area contributed by atoms with Crippen molar-refractivity contribution in [2.75, 3.05) is 45.2 Å². The van der Waals surface area contributed by atoms with E-state index in [1.807, 2.05) is 23.9 Å². The summed E-state index contributed by atoms with van der Waals surface area (Å²) in [5.41, 5.74) is 0.0873. The number of hydrogen-bond donors (Lipinski definition) is 0. The van der Waals surface area contributed by atoms with Crippen LogP contribution in [0.25, 0.3) is 11.6 Å². The van der Waals surface area contributed by atoms with Gasteiger partial charge >= 0.3 is 0 Å². The zero-order valence-electron chi connectivity index (χ0n) is 15.1. The van der Waals surface area contributed by atoms with E-state index in [9.17, 15) is 0 Å². The second-order valence-corrected chi connectivity index (χ2v) is 8.32. The van der Waals surface area contributed by atoms with Crippen molar-refractivity contribution in [3.05, 3.63) is 24.2 Å². The van der Waals surface area contributed by atoms with Gasteiger partial charge < -0.3 is 9.32 Å². The third-order valence-electron chi connectivity index (χ3n) is 5.53. The largest absolute Gasteiger partial charge is 0.461 e. The van der Waals surface area contributed by atoms with E-state index in [0.717, 1.165) is 56.4 Å². The first kappa shape index (κ1) is 17.1. The third kappa shape index (κ3) is 3.25. The van der Waals surface area contributed by atoms with Gasteiger partial charge in [-0.15, -0.1) is 10.2 Å². The Labute approximate surface area is 153 Å². The molecule has 2 aliphatic rings. The molecular formula is C18H27N5OS. The van der Waals surface area contributed by atoms with Crippen LogP contribution in [-0.2, 0) is 12.1 Å². The van der Waals surface area contributed by atoms with Crippen molar-refractivity contribution in [1.29, 1.82) is 0 Å². The van der Waals surface area contributed by atoms with Gasteiger partial charge in [0.25, 0.3) is 0 Å². The number of likely N-dealkylation sites (tertiary alicyclic amines) is 1. The molecule has 2 aliphatic heterocycles. The lowest BCUT2D eigenvalue weighted by Gasteiger charge is -2.48. The first-order valence-corrected chi connectivity index (χ1v) is 10.5. The van der Waals surface area contributed by atoms with Crippen LogP contribution in [0, 0.1) is 0 Å². The number of furan rings is 1. The fourth-order valence-corrected chi connectivity index (χ4v) is 4.78. The van der Waals surface area contributed by atoms with Crippen LogP contribution in [-0.4, -0.2) is 69.8 Å². The maximum Gasteiger partial charge on any atom is 0.200 e. The highest BCUT2D eigenvalue weighted by Gasteiger charge is 2.43. The van der Waals surface area contributed by atoms with E-state index in [4.69, 9.17) is 4.42 Å². The summed E-state index contributed by atoms with van der Waals surface area (Å²) in [5, 5.41) is 8.97. The number of piperidine rings is 1. The minimum absolute atomic E-state index is 0.0873. The van der Waals surface area contributed by atoms with Crippen LogP contribution in [0.4, 0.5) is 0 Å². The number of nitrogens with zero attached hydrogens (tertiary/aromatic N) is 5. The van der Waals surface area contributed by atoms with E-state index in [-0.39, 0.29) is 5.54 Å². The molecule has 1 spiro atoms. The number of likely N-dealkylation sites (N-methyl/N-ethyl adjacent to an activating group) is 1. The van der Waals surface area contributed by atoms with Crippen molar-refractivity contribution < 1.29 is 4.42 Å². The maximum atomic E-state index is 5.64. The molecular weight excluding hydrogens is 334 g/mol. The summed E-state index contributed by atoms with van der Waals surface area (Å²) in [6.45, 7) is 5.43. The molecule has 7 heteroatoms. The molecule has 136 valence electrons. The van der Waals surface area contributed by atoms with Crippen molar-refractivity contribution in [2.24, 2.45) is 0 Å². The molecule has 0 aliphatic carbocycles. The monoisotopic (exact) mass is 361 g/mol. The lowest BCUT2D eigenvalue weighted by atomic mass is 9.84. The molecule has 0 atom stereocenters. The highest BCUT2D eigenvalue weighted by Crippen LogP contribution is 2.38. The van der Waals surface area contributed by atoms with Crippen molar-refractivity contribution in [3.63, 3.8) is 0 Å². The zero-order chi connectivity index (χ0) is 17.3. The Balaban J connectivity index is 1.58. The fraction of sp³-hybridized carbons (Fsp3) is 0.667. The highest BCUT2D eigenvalue weighted by atomic mass is 32.2. The Bertz CT molecular complexity index is 690. The molecule has 4 rings (SSSR count). The Kier molecular flexibility index (Phi) is 4.88. The summed E-state index contributed by atoms with van der Waals surface area (Å²) < 4.78 is 8.04. The average Bonchev–Trinajstić information content (AvgIpc) is 3.26. The van der Waals surface area contributed by atoms with E-state index in [1.165, 1.54) is 18.7 Å². The molecule has 0 radical (unpaired) electrons. The van der Waals surface area contributed by atoms with Crippen molar-refractivity contribution >= 4 is 11.8 Å². The second-order valence-electron chi connectivity index (χ2n) is 7.34.